The number of allylic oxidation sites excluding steroid dienone is 4. The van der Waals surface area contributed by atoms with Crippen molar-refractivity contribution >= 4 is 0 Å². The van der Waals surface area contributed by atoms with Crippen LogP contribution in [0.5, 0.6) is 0 Å². The lowest BCUT2D eigenvalue weighted by Crippen LogP contribution is -2.23. The van der Waals surface area contributed by atoms with Crippen LogP contribution in [0.2, 0.25) is 0 Å². The van der Waals surface area contributed by atoms with Gasteiger partial charge in [-0.1, -0.05) is 84.0 Å². The molecule has 22 heavy (non-hydrogen) atoms. The van der Waals surface area contributed by atoms with E-state index in [0.717, 1.165) is 12.8 Å². The third-order valence-electron chi connectivity index (χ3n) is 5.07. The summed E-state index contributed by atoms with van der Waals surface area (Å²) in [6, 6.07) is 21.8. The molecule has 110 valence electrons. The zero-order valence-electron chi connectivity index (χ0n) is 12.9. The summed E-state index contributed by atoms with van der Waals surface area (Å²) in [5.41, 5.74) is 6.16. The van der Waals surface area contributed by atoms with Gasteiger partial charge in [0.05, 0.1) is 0 Å². The second-order valence-electron chi connectivity index (χ2n) is 6.60. The van der Waals surface area contributed by atoms with Crippen molar-refractivity contribution in [2.45, 2.75) is 25.7 Å². The van der Waals surface area contributed by atoms with E-state index in [1.54, 1.807) is 11.1 Å². The maximum atomic E-state index is 2.57. The fraction of sp³-hybridized carbons (Fsp3) is 0.273. The third-order valence-corrected chi connectivity index (χ3v) is 5.07. The summed E-state index contributed by atoms with van der Waals surface area (Å²) in [4.78, 5) is 0. The smallest absolute Gasteiger partial charge is 0.00164 e. The van der Waals surface area contributed by atoms with Crippen molar-refractivity contribution in [3.8, 4) is 0 Å². The van der Waals surface area contributed by atoms with E-state index in [-0.39, 0.29) is 0 Å². The van der Waals surface area contributed by atoms with Crippen LogP contribution in [0.25, 0.3) is 0 Å². The van der Waals surface area contributed by atoms with Crippen LogP contribution in [0.3, 0.4) is 0 Å². The van der Waals surface area contributed by atoms with E-state index in [9.17, 15) is 0 Å². The minimum absolute atomic E-state index is 0.670. The molecule has 0 nitrogen and oxygen atoms in total. The third kappa shape index (κ3) is 2.78. The molecule has 1 unspecified atom stereocenters. The van der Waals surface area contributed by atoms with E-state index in [4.69, 9.17) is 0 Å². The predicted octanol–water partition coefficient (Wildman–Crippen LogP) is 5.36. The minimum atomic E-state index is 0.670. The second-order valence-corrected chi connectivity index (χ2v) is 6.60. The molecule has 2 bridgehead atoms. The van der Waals surface area contributed by atoms with E-state index in [1.165, 1.54) is 24.0 Å². The molecule has 0 spiro atoms. The van der Waals surface area contributed by atoms with E-state index >= 15 is 0 Å². The van der Waals surface area contributed by atoms with Crippen molar-refractivity contribution in [1.82, 2.24) is 0 Å². The molecule has 3 aliphatic carbocycles. The van der Waals surface area contributed by atoms with Crippen molar-refractivity contribution in [3.63, 3.8) is 0 Å². The Hall–Kier alpha value is -2.08. The van der Waals surface area contributed by atoms with Crippen molar-refractivity contribution in [1.29, 1.82) is 0 Å². The lowest BCUT2D eigenvalue weighted by atomic mass is 9.70. The highest BCUT2D eigenvalue weighted by molar-refractivity contribution is 5.37. The normalized spacial score (nSPS) is 23.1. The first-order valence-electron chi connectivity index (χ1n) is 8.37. The molecule has 0 aromatic heterocycles. The van der Waals surface area contributed by atoms with Gasteiger partial charge in [-0.25, -0.2) is 0 Å². The topological polar surface area (TPSA) is 0 Å². The standard InChI is InChI=1S/C22H22/c1-3-7-17(8-4-1)13-21-15-20-12-11-19(21)16-22(20)14-18-9-5-2-6-10-18/h1-10,15-16,19-20H,11-14H2/t19-,20?/m0/s1. The highest BCUT2D eigenvalue weighted by Gasteiger charge is 2.29. The molecule has 2 aromatic rings. The fourth-order valence-electron chi connectivity index (χ4n) is 3.92. The SMILES string of the molecule is C1=C(Cc2ccccc2)C2C=C(Cc3ccccc3)[C@H]1CC2. The summed E-state index contributed by atoms with van der Waals surface area (Å²) in [7, 11) is 0. The monoisotopic (exact) mass is 286 g/mol. The molecule has 0 N–H and O–H groups in total. The average molecular weight is 286 g/mol. The Balaban J connectivity index is 1.50. The summed E-state index contributed by atoms with van der Waals surface area (Å²) in [5.74, 6) is 1.34. The average Bonchev–Trinajstić information content (AvgIpc) is 2.58. The summed E-state index contributed by atoms with van der Waals surface area (Å²) >= 11 is 0. The zero-order chi connectivity index (χ0) is 14.8. The highest BCUT2D eigenvalue weighted by Crippen LogP contribution is 2.42. The number of rotatable bonds is 4. The maximum absolute atomic E-state index is 2.57. The van der Waals surface area contributed by atoms with E-state index in [1.807, 2.05) is 0 Å². The van der Waals surface area contributed by atoms with Crippen LogP contribution in [0.15, 0.2) is 84.0 Å². The molecular weight excluding hydrogens is 264 g/mol. The highest BCUT2D eigenvalue weighted by atomic mass is 14.3. The van der Waals surface area contributed by atoms with Crippen LogP contribution in [0, 0.1) is 11.8 Å². The molecule has 0 saturated carbocycles. The van der Waals surface area contributed by atoms with Gasteiger partial charge < -0.3 is 0 Å². The van der Waals surface area contributed by atoms with Crippen LogP contribution in [-0.2, 0) is 12.8 Å². The molecule has 5 rings (SSSR count). The van der Waals surface area contributed by atoms with Gasteiger partial charge in [-0.3, -0.25) is 0 Å². The van der Waals surface area contributed by atoms with Gasteiger partial charge in [-0.15, -0.1) is 0 Å². The predicted molar refractivity (Wildman–Crippen MR) is 92.7 cm³/mol. The van der Waals surface area contributed by atoms with E-state index in [2.05, 4.69) is 72.8 Å². The van der Waals surface area contributed by atoms with Gasteiger partial charge in [-0.2, -0.15) is 0 Å². The molecule has 3 aliphatic rings. The Morgan fingerprint density at radius 1 is 0.591 bits per heavy atom. The quantitative estimate of drug-likeness (QED) is 0.663. The largest absolute Gasteiger partial charge is 0.0772 e. The molecule has 0 amide bonds. The zero-order valence-corrected chi connectivity index (χ0v) is 12.9. The van der Waals surface area contributed by atoms with Crippen LogP contribution < -0.4 is 0 Å². The second kappa shape index (κ2) is 5.96. The van der Waals surface area contributed by atoms with Gasteiger partial charge >= 0.3 is 0 Å². The Kier molecular flexibility index (Phi) is 3.68. The summed E-state index contributed by atoms with van der Waals surface area (Å²) < 4.78 is 0. The molecule has 2 aromatic carbocycles. The van der Waals surface area contributed by atoms with Crippen LogP contribution in [-0.4, -0.2) is 0 Å². The summed E-state index contributed by atoms with van der Waals surface area (Å²) in [6.07, 6.45) is 10.1. The van der Waals surface area contributed by atoms with E-state index in [0.29, 0.717) is 11.8 Å². The molecule has 0 heterocycles. The maximum Gasteiger partial charge on any atom is -0.00164 e. The van der Waals surface area contributed by atoms with E-state index < -0.39 is 0 Å². The molecule has 0 heteroatoms. The number of hydrogen-bond acceptors (Lipinski definition) is 0. The van der Waals surface area contributed by atoms with Gasteiger partial charge in [-0.05, 0) is 48.6 Å². The lowest BCUT2D eigenvalue weighted by Gasteiger charge is -2.35. The lowest BCUT2D eigenvalue weighted by molar-refractivity contribution is 0.469. The Morgan fingerprint density at radius 2 is 1.00 bits per heavy atom. The summed E-state index contributed by atoms with van der Waals surface area (Å²) in [5, 5.41) is 0. The molecule has 2 atom stereocenters. The Labute approximate surface area is 133 Å². The van der Waals surface area contributed by atoms with Crippen molar-refractivity contribution in [2.75, 3.05) is 0 Å². The number of fused-ring (bicyclic) bond motifs is 1. The van der Waals surface area contributed by atoms with Gasteiger partial charge in [0.2, 0.25) is 0 Å². The van der Waals surface area contributed by atoms with Gasteiger partial charge in [0.25, 0.3) is 0 Å². The molecule has 0 aliphatic heterocycles. The Bertz CT molecular complexity index is 628. The molecular formula is C22H22. The van der Waals surface area contributed by atoms with Crippen molar-refractivity contribution in [3.05, 3.63) is 95.1 Å². The number of hydrogen-bond donors (Lipinski definition) is 0. The van der Waals surface area contributed by atoms with Crippen LogP contribution >= 0.6 is 0 Å². The van der Waals surface area contributed by atoms with Gasteiger partial charge in [0.15, 0.2) is 0 Å². The molecule has 0 saturated heterocycles. The first kappa shape index (κ1) is 13.6. The van der Waals surface area contributed by atoms with Crippen molar-refractivity contribution < 1.29 is 0 Å². The van der Waals surface area contributed by atoms with Gasteiger partial charge in [0, 0.05) is 0 Å². The van der Waals surface area contributed by atoms with Crippen LogP contribution in [0.1, 0.15) is 24.0 Å². The van der Waals surface area contributed by atoms with Crippen LogP contribution in [0.4, 0.5) is 0 Å². The van der Waals surface area contributed by atoms with Gasteiger partial charge in [0.1, 0.15) is 0 Å². The molecule has 0 radical (unpaired) electrons. The molecule has 0 fully saturated rings. The summed E-state index contributed by atoms with van der Waals surface area (Å²) in [6.45, 7) is 0. The first-order chi connectivity index (χ1) is 10.9. The first-order valence-corrected chi connectivity index (χ1v) is 8.37. The fourth-order valence-corrected chi connectivity index (χ4v) is 3.92. The van der Waals surface area contributed by atoms with Crippen molar-refractivity contribution in [2.24, 2.45) is 11.8 Å². The Morgan fingerprint density at radius 3 is 1.36 bits per heavy atom. The minimum Gasteiger partial charge on any atom is -0.0772 e. The number of benzene rings is 2.